The van der Waals surface area contributed by atoms with Crippen LogP contribution in [-0.2, 0) is 20.8 Å². The summed E-state index contributed by atoms with van der Waals surface area (Å²) in [5.41, 5.74) is 2.53. The second kappa shape index (κ2) is 18.6. The van der Waals surface area contributed by atoms with Crippen molar-refractivity contribution in [3.8, 4) is 17.3 Å². The molecule has 0 radical (unpaired) electrons. The molecule has 2 aromatic carbocycles. The molecule has 0 unspecified atom stereocenters. The summed E-state index contributed by atoms with van der Waals surface area (Å²) in [6.07, 6.45) is 9.44. The minimum absolute atomic E-state index is 0.104. The summed E-state index contributed by atoms with van der Waals surface area (Å²) < 4.78 is 47.4. The fraction of sp³-hybridized carbons (Fsp3) is 0.415. The van der Waals surface area contributed by atoms with Gasteiger partial charge in [0.25, 0.3) is 6.47 Å². The van der Waals surface area contributed by atoms with Gasteiger partial charge < -0.3 is 24.4 Å². The smallest absolute Gasteiger partial charge is 0.293 e. The van der Waals surface area contributed by atoms with Crippen LogP contribution in [0.25, 0.3) is 22.4 Å². The summed E-state index contributed by atoms with van der Waals surface area (Å²) in [4.78, 5) is 21.8. The zero-order valence-corrected chi connectivity index (χ0v) is 32.1. The third-order valence-corrected chi connectivity index (χ3v) is 8.49. The van der Waals surface area contributed by atoms with Crippen LogP contribution in [0.15, 0.2) is 78.9 Å². The second-order valence-electron chi connectivity index (χ2n) is 14.1. The number of hydrogen-bond donors (Lipinski definition) is 1. The lowest BCUT2D eigenvalue weighted by Crippen LogP contribution is -2.29. The van der Waals surface area contributed by atoms with E-state index in [1.54, 1.807) is 24.8 Å². The molecule has 10 nitrogen and oxygen atoms in total. The molecule has 0 atom stereocenters. The van der Waals surface area contributed by atoms with Gasteiger partial charge in [-0.15, -0.1) is 0 Å². The zero-order valence-electron chi connectivity index (χ0n) is 32.1. The maximum atomic E-state index is 15.1. The minimum Gasteiger partial charge on any atom is -0.495 e. The van der Waals surface area contributed by atoms with E-state index in [4.69, 9.17) is 24.5 Å². The molecular weight excluding hydrogens is 678 g/mol. The highest BCUT2D eigenvalue weighted by Crippen LogP contribution is 2.35. The van der Waals surface area contributed by atoms with Crippen molar-refractivity contribution in [1.29, 1.82) is 0 Å². The van der Waals surface area contributed by atoms with Gasteiger partial charge in [0, 0.05) is 34.8 Å². The van der Waals surface area contributed by atoms with E-state index in [1.165, 1.54) is 12.1 Å². The summed E-state index contributed by atoms with van der Waals surface area (Å²) in [5, 5.41) is 9.13. The quantitative estimate of drug-likeness (QED) is 0.0823. The summed E-state index contributed by atoms with van der Waals surface area (Å²) in [5.74, 6) is 0.999. The molecule has 5 rings (SSSR count). The van der Waals surface area contributed by atoms with Gasteiger partial charge in [0.2, 0.25) is 0 Å². The lowest BCUT2D eigenvalue weighted by molar-refractivity contribution is -0.138. The predicted octanol–water partition coefficient (Wildman–Crippen LogP) is 8.65. The van der Waals surface area contributed by atoms with Gasteiger partial charge in [-0.25, -0.2) is 18.7 Å². The Morgan fingerprint density at radius 1 is 1.13 bits per heavy atom. The first-order valence-electron chi connectivity index (χ1n) is 17.9. The number of benzene rings is 2. The molecule has 0 aliphatic carbocycles. The number of hydrogen-bond acceptors (Lipinski definition) is 9. The van der Waals surface area contributed by atoms with Crippen molar-refractivity contribution >= 4 is 23.2 Å². The van der Waals surface area contributed by atoms with Gasteiger partial charge in [0.15, 0.2) is 5.82 Å². The van der Waals surface area contributed by atoms with Crippen LogP contribution in [0.5, 0.6) is 5.75 Å². The van der Waals surface area contributed by atoms with Crippen molar-refractivity contribution in [3.05, 3.63) is 102 Å². The standard InChI is InChI=1S/C36H42F2N6O2.C5H10O2/c1-7-11-31(33(45-6)18-23(3)4)40-35-27(24-14-16-43(5)17-15-24)21-39-36(41-35)34-26-12-9-10-13-32(26)44(42-34)22-28-29(37)19-25(46-8-2)20-30(28)38;1-5(2,3)7-4-6/h7,9-13,18-21,23-24H,1,8,14-17,22H2,2-6H3,(H,39,40,41);4H,1-3H3/b31-11+,33-18+;. The molecule has 1 aliphatic heterocycles. The number of carbonyl (C=O) groups is 1. The molecule has 53 heavy (non-hydrogen) atoms. The number of ether oxygens (including phenoxy) is 3. The first kappa shape index (κ1) is 40.7. The highest BCUT2D eigenvalue weighted by molar-refractivity contribution is 5.91. The number of methoxy groups -OCH3 is 1. The molecule has 0 spiro atoms. The van der Waals surface area contributed by atoms with Crippen LogP contribution in [-0.4, -0.2) is 70.6 Å². The number of allylic oxidation sites excluding steroid dienone is 3. The molecule has 3 heterocycles. The van der Waals surface area contributed by atoms with Crippen molar-refractivity contribution in [2.24, 2.45) is 5.92 Å². The average molecular weight is 731 g/mol. The Labute approximate surface area is 311 Å². The number of halogens is 2. The average Bonchev–Trinajstić information content (AvgIpc) is 3.47. The largest absolute Gasteiger partial charge is 0.495 e. The molecule has 2 aromatic heterocycles. The first-order valence-corrected chi connectivity index (χ1v) is 17.9. The molecular formula is C41H52F2N6O4. The van der Waals surface area contributed by atoms with Crippen molar-refractivity contribution in [1.82, 2.24) is 24.6 Å². The molecule has 12 heteroatoms. The van der Waals surface area contributed by atoms with Crippen molar-refractivity contribution in [2.45, 2.75) is 72.4 Å². The zero-order chi connectivity index (χ0) is 38.7. The van der Waals surface area contributed by atoms with E-state index < -0.39 is 11.6 Å². The lowest BCUT2D eigenvalue weighted by Gasteiger charge is -2.30. The van der Waals surface area contributed by atoms with Crippen LogP contribution >= 0.6 is 0 Å². The SMILES string of the molecule is C=C/C=C(Nc1nc(-c2nn(Cc3c(F)cc(OCC)cc3F)c3ccccc23)ncc1C1CCN(C)CC1)\C(=C/C(C)C)OC.CC(C)(C)OC=O. The Hall–Kier alpha value is -5.10. The first-order chi connectivity index (χ1) is 25.3. The Morgan fingerprint density at radius 3 is 2.38 bits per heavy atom. The maximum absolute atomic E-state index is 15.1. The number of aromatic nitrogens is 4. The van der Waals surface area contributed by atoms with E-state index in [9.17, 15) is 4.79 Å². The molecule has 1 saturated heterocycles. The van der Waals surface area contributed by atoms with E-state index in [-0.39, 0.29) is 35.3 Å². The van der Waals surface area contributed by atoms with Gasteiger partial charge in [-0.2, -0.15) is 5.10 Å². The van der Waals surface area contributed by atoms with Crippen molar-refractivity contribution < 1.29 is 27.8 Å². The normalized spacial score (nSPS) is 14.5. The fourth-order valence-corrected chi connectivity index (χ4v) is 5.91. The monoisotopic (exact) mass is 730 g/mol. The number of para-hydroxylation sites is 1. The Balaban J connectivity index is 0.000000815. The number of piperidine rings is 1. The second-order valence-corrected chi connectivity index (χ2v) is 14.1. The fourth-order valence-electron chi connectivity index (χ4n) is 5.91. The number of likely N-dealkylation sites (tertiary alicyclic amines) is 1. The maximum Gasteiger partial charge on any atom is 0.293 e. The molecule has 4 aromatic rings. The molecule has 1 N–H and O–H groups in total. The van der Waals surface area contributed by atoms with Gasteiger partial charge in [-0.3, -0.25) is 9.48 Å². The summed E-state index contributed by atoms with van der Waals surface area (Å²) >= 11 is 0. The van der Waals surface area contributed by atoms with Crippen molar-refractivity contribution in [3.63, 3.8) is 0 Å². The molecule has 0 amide bonds. The Morgan fingerprint density at radius 2 is 1.81 bits per heavy atom. The van der Waals surface area contributed by atoms with Crippen LogP contribution in [0.1, 0.15) is 71.4 Å². The molecule has 284 valence electrons. The molecule has 0 saturated carbocycles. The number of nitrogens with zero attached hydrogens (tertiary/aromatic N) is 5. The van der Waals surface area contributed by atoms with Crippen LogP contribution < -0.4 is 10.1 Å². The molecule has 0 bridgehead atoms. The highest BCUT2D eigenvalue weighted by atomic mass is 19.1. The Bertz CT molecular complexity index is 1900. The number of fused-ring (bicyclic) bond motifs is 1. The molecule has 1 aliphatic rings. The minimum atomic E-state index is -0.695. The third-order valence-electron chi connectivity index (χ3n) is 8.49. The highest BCUT2D eigenvalue weighted by Gasteiger charge is 2.25. The van der Waals surface area contributed by atoms with E-state index in [2.05, 4.69) is 42.4 Å². The van der Waals surface area contributed by atoms with Gasteiger partial charge in [0.1, 0.15) is 40.3 Å². The van der Waals surface area contributed by atoms with Gasteiger partial charge >= 0.3 is 0 Å². The molecule has 1 fully saturated rings. The van der Waals surface area contributed by atoms with Gasteiger partial charge in [-0.1, -0.05) is 44.7 Å². The van der Waals surface area contributed by atoms with E-state index in [0.29, 0.717) is 41.7 Å². The lowest BCUT2D eigenvalue weighted by atomic mass is 9.90. The topological polar surface area (TPSA) is 104 Å². The van der Waals surface area contributed by atoms with E-state index >= 15 is 8.78 Å². The summed E-state index contributed by atoms with van der Waals surface area (Å²) in [7, 11) is 3.78. The van der Waals surface area contributed by atoms with Crippen LogP contribution in [0.3, 0.4) is 0 Å². The van der Waals surface area contributed by atoms with Gasteiger partial charge in [0.05, 0.1) is 31.5 Å². The summed E-state index contributed by atoms with van der Waals surface area (Å²) in [6, 6.07) is 9.95. The number of rotatable bonds is 13. The number of carbonyl (C=O) groups excluding carboxylic acids is 1. The number of anilines is 1. The van der Waals surface area contributed by atoms with Crippen LogP contribution in [0.4, 0.5) is 14.6 Å². The van der Waals surface area contributed by atoms with Crippen molar-refractivity contribution in [2.75, 3.05) is 39.2 Å². The summed E-state index contributed by atoms with van der Waals surface area (Å²) in [6.45, 7) is 17.9. The Kier molecular flexibility index (Phi) is 14.3. The number of nitrogens with one attached hydrogen (secondary N) is 1. The van der Waals surface area contributed by atoms with Gasteiger partial charge in [-0.05, 0) is 90.7 Å². The van der Waals surface area contributed by atoms with Crippen LogP contribution in [0, 0.1) is 17.6 Å². The van der Waals surface area contributed by atoms with E-state index in [0.717, 1.165) is 42.6 Å². The predicted molar refractivity (Wildman–Crippen MR) is 206 cm³/mol. The van der Waals surface area contributed by atoms with Crippen LogP contribution in [0.2, 0.25) is 0 Å². The third kappa shape index (κ3) is 11.0. The van der Waals surface area contributed by atoms with E-state index in [1.807, 2.05) is 63.4 Å².